The lowest BCUT2D eigenvalue weighted by Gasteiger charge is -2.30. The van der Waals surface area contributed by atoms with E-state index in [1.807, 2.05) is 6.07 Å². The van der Waals surface area contributed by atoms with Crippen molar-refractivity contribution < 1.29 is 0 Å². The van der Waals surface area contributed by atoms with E-state index in [4.69, 9.17) is 11.6 Å². The van der Waals surface area contributed by atoms with Crippen molar-refractivity contribution in [3.63, 3.8) is 0 Å². The molecular weight excluding hydrogens is 216 g/mol. The Labute approximate surface area is 106 Å². The summed E-state index contributed by atoms with van der Waals surface area (Å²) in [4.78, 5) is 0. The number of hydrogen-bond acceptors (Lipinski definition) is 0. The van der Waals surface area contributed by atoms with Crippen LogP contribution in [0.15, 0.2) is 18.2 Å². The van der Waals surface area contributed by atoms with E-state index in [2.05, 4.69) is 53.7 Å². The van der Waals surface area contributed by atoms with E-state index in [9.17, 15) is 0 Å². The topological polar surface area (TPSA) is 0 Å². The van der Waals surface area contributed by atoms with Crippen LogP contribution in [-0.2, 0) is 10.8 Å². The maximum atomic E-state index is 6.07. The highest BCUT2D eigenvalue weighted by Gasteiger charge is 2.24. The number of rotatable bonds is 0. The Balaban J connectivity index is 0.00000225. The average Bonchev–Trinajstić information content (AvgIpc) is 2.00. The minimum absolute atomic E-state index is 0. The quantitative estimate of drug-likeness (QED) is 0.556. The summed E-state index contributed by atoms with van der Waals surface area (Å²) in [7, 11) is 0. The molecule has 0 atom stereocenters. The molecule has 1 heteroatoms. The lowest BCUT2D eigenvalue weighted by molar-refractivity contribution is 0.530. The zero-order chi connectivity index (χ0) is 11.9. The summed E-state index contributed by atoms with van der Waals surface area (Å²) in [5, 5.41) is 0.827. The van der Waals surface area contributed by atoms with Crippen LogP contribution >= 0.6 is 11.6 Å². The average molecular weight is 241 g/mol. The molecule has 0 fully saturated rings. The Morgan fingerprint density at radius 2 is 1.25 bits per heavy atom. The Morgan fingerprint density at radius 3 is 1.62 bits per heavy atom. The highest BCUT2D eigenvalue weighted by molar-refractivity contribution is 6.30. The first kappa shape index (κ1) is 15.5. The van der Waals surface area contributed by atoms with Gasteiger partial charge in [0.05, 0.1) is 0 Å². The summed E-state index contributed by atoms with van der Waals surface area (Å²) in [6, 6.07) is 6.24. The van der Waals surface area contributed by atoms with Crippen LogP contribution in [0.2, 0.25) is 5.02 Å². The molecule has 1 aromatic carbocycles. The second-order valence-corrected chi connectivity index (χ2v) is 6.63. The third-order valence-electron chi connectivity index (χ3n) is 2.60. The van der Waals surface area contributed by atoms with Crippen molar-refractivity contribution in [2.45, 2.75) is 59.8 Å². The minimum atomic E-state index is 0. The van der Waals surface area contributed by atoms with E-state index in [1.54, 1.807) is 0 Å². The maximum Gasteiger partial charge on any atom is 0.0409 e. The molecule has 0 unspecified atom stereocenters. The van der Waals surface area contributed by atoms with Gasteiger partial charge in [0.1, 0.15) is 0 Å². The Bertz CT molecular complexity index is 351. The molecule has 0 bridgehead atoms. The molecule has 0 saturated heterocycles. The van der Waals surface area contributed by atoms with Gasteiger partial charge >= 0.3 is 0 Å². The SMILES string of the molecule is C.CC(C)(C)c1ccc(Cl)cc1C(C)(C)C. The van der Waals surface area contributed by atoms with E-state index in [0.717, 1.165) is 5.02 Å². The van der Waals surface area contributed by atoms with Gasteiger partial charge in [-0.05, 0) is 34.1 Å². The highest BCUT2D eigenvalue weighted by atomic mass is 35.5. The molecule has 0 nitrogen and oxygen atoms in total. The van der Waals surface area contributed by atoms with Crippen LogP contribution in [0.3, 0.4) is 0 Å². The van der Waals surface area contributed by atoms with Crippen LogP contribution < -0.4 is 0 Å². The van der Waals surface area contributed by atoms with Gasteiger partial charge in [0.2, 0.25) is 0 Å². The van der Waals surface area contributed by atoms with Gasteiger partial charge < -0.3 is 0 Å². The molecule has 0 aromatic heterocycles. The summed E-state index contributed by atoms with van der Waals surface area (Å²) >= 11 is 6.07. The first-order valence-corrected chi connectivity index (χ1v) is 5.80. The van der Waals surface area contributed by atoms with E-state index in [0.29, 0.717) is 0 Å². The number of halogens is 1. The van der Waals surface area contributed by atoms with Gasteiger partial charge in [-0.1, -0.05) is 66.6 Å². The normalized spacial score (nSPS) is 12.2. The minimum Gasteiger partial charge on any atom is -0.0843 e. The molecule has 92 valence electrons. The predicted molar refractivity (Wildman–Crippen MR) is 75.6 cm³/mol. The lowest BCUT2D eigenvalue weighted by atomic mass is 9.75. The molecule has 1 aromatic rings. The van der Waals surface area contributed by atoms with Crippen molar-refractivity contribution in [3.05, 3.63) is 34.3 Å². The zero-order valence-corrected chi connectivity index (χ0v) is 11.4. The first-order valence-electron chi connectivity index (χ1n) is 5.43. The van der Waals surface area contributed by atoms with Gasteiger partial charge in [0.25, 0.3) is 0 Å². The summed E-state index contributed by atoms with van der Waals surface area (Å²) in [6.07, 6.45) is 0. The summed E-state index contributed by atoms with van der Waals surface area (Å²) in [6.45, 7) is 13.4. The third kappa shape index (κ3) is 3.52. The van der Waals surface area contributed by atoms with Crippen molar-refractivity contribution in [2.75, 3.05) is 0 Å². The summed E-state index contributed by atoms with van der Waals surface area (Å²) in [5.41, 5.74) is 3.06. The van der Waals surface area contributed by atoms with Crippen LogP contribution in [0.1, 0.15) is 60.1 Å². The van der Waals surface area contributed by atoms with Crippen LogP contribution in [0.4, 0.5) is 0 Å². The van der Waals surface area contributed by atoms with Crippen molar-refractivity contribution >= 4 is 11.6 Å². The molecular formula is C15H25Cl. The van der Waals surface area contributed by atoms with Crippen molar-refractivity contribution in [1.82, 2.24) is 0 Å². The van der Waals surface area contributed by atoms with Gasteiger partial charge in [-0.2, -0.15) is 0 Å². The molecule has 0 heterocycles. The first-order chi connectivity index (χ1) is 6.62. The molecule has 0 spiro atoms. The second kappa shape index (κ2) is 4.79. The lowest BCUT2D eigenvalue weighted by Crippen LogP contribution is -2.21. The van der Waals surface area contributed by atoms with Crippen molar-refractivity contribution in [1.29, 1.82) is 0 Å². The molecule has 0 amide bonds. The van der Waals surface area contributed by atoms with Gasteiger partial charge in [-0.25, -0.2) is 0 Å². The van der Waals surface area contributed by atoms with E-state index < -0.39 is 0 Å². The van der Waals surface area contributed by atoms with Crippen molar-refractivity contribution in [2.24, 2.45) is 0 Å². The molecule has 0 N–H and O–H groups in total. The standard InChI is InChI=1S/C14H21Cl.CH4/c1-13(2,3)11-8-7-10(15)9-12(11)14(4,5)6;/h7-9H,1-6H3;1H4. The maximum absolute atomic E-state index is 6.07. The van der Waals surface area contributed by atoms with E-state index in [1.165, 1.54) is 11.1 Å². The zero-order valence-electron chi connectivity index (χ0n) is 10.6. The van der Waals surface area contributed by atoms with Gasteiger partial charge in [-0.15, -0.1) is 0 Å². The van der Waals surface area contributed by atoms with Crippen LogP contribution in [-0.4, -0.2) is 0 Å². The number of benzene rings is 1. The van der Waals surface area contributed by atoms with E-state index in [-0.39, 0.29) is 18.3 Å². The summed E-state index contributed by atoms with van der Waals surface area (Å²) < 4.78 is 0. The second-order valence-electron chi connectivity index (χ2n) is 6.19. The molecule has 0 radical (unpaired) electrons. The highest BCUT2D eigenvalue weighted by Crippen LogP contribution is 2.35. The van der Waals surface area contributed by atoms with Crippen LogP contribution in [0.25, 0.3) is 0 Å². The largest absolute Gasteiger partial charge is 0.0843 e. The Hall–Kier alpha value is -0.490. The predicted octanol–water partition coefficient (Wildman–Crippen LogP) is 5.57. The van der Waals surface area contributed by atoms with Crippen LogP contribution in [0, 0.1) is 0 Å². The van der Waals surface area contributed by atoms with E-state index >= 15 is 0 Å². The molecule has 16 heavy (non-hydrogen) atoms. The van der Waals surface area contributed by atoms with Crippen LogP contribution in [0.5, 0.6) is 0 Å². The molecule has 0 aliphatic heterocycles. The Kier molecular flexibility index (Phi) is 4.64. The van der Waals surface area contributed by atoms with Gasteiger partial charge in [-0.3, -0.25) is 0 Å². The van der Waals surface area contributed by atoms with Gasteiger partial charge in [0, 0.05) is 5.02 Å². The van der Waals surface area contributed by atoms with Crippen molar-refractivity contribution in [3.8, 4) is 0 Å². The number of hydrogen-bond donors (Lipinski definition) is 0. The monoisotopic (exact) mass is 240 g/mol. The summed E-state index contributed by atoms with van der Waals surface area (Å²) in [5.74, 6) is 0. The smallest absolute Gasteiger partial charge is 0.0409 e. The Morgan fingerprint density at radius 1 is 0.812 bits per heavy atom. The fourth-order valence-electron chi connectivity index (χ4n) is 1.79. The van der Waals surface area contributed by atoms with Gasteiger partial charge in [0.15, 0.2) is 0 Å². The fourth-order valence-corrected chi connectivity index (χ4v) is 1.96. The molecule has 1 rings (SSSR count). The fraction of sp³-hybridized carbons (Fsp3) is 0.600. The third-order valence-corrected chi connectivity index (χ3v) is 2.83. The molecule has 0 saturated carbocycles. The molecule has 0 aliphatic carbocycles. The molecule has 0 aliphatic rings.